The van der Waals surface area contributed by atoms with Crippen molar-refractivity contribution in [1.82, 2.24) is 4.98 Å². The summed E-state index contributed by atoms with van der Waals surface area (Å²) in [5.41, 5.74) is 1.05. The number of hydrogen-bond donors (Lipinski definition) is 1. The first-order chi connectivity index (χ1) is 8.18. The summed E-state index contributed by atoms with van der Waals surface area (Å²) in [6.07, 6.45) is 3.21. The summed E-state index contributed by atoms with van der Waals surface area (Å²) in [4.78, 5) is 15.9. The molecule has 0 aliphatic rings. The minimum Gasteiger partial charge on any atom is -0.321 e. The number of carbonyl (C=O) groups excluding carboxylic acids is 1. The average molecular weight is 312 g/mol. The van der Waals surface area contributed by atoms with Gasteiger partial charge in [-0.2, -0.15) is 0 Å². The van der Waals surface area contributed by atoms with Gasteiger partial charge in [0, 0.05) is 10.7 Å². The quantitative estimate of drug-likeness (QED) is 0.918. The van der Waals surface area contributed by atoms with Crippen LogP contribution in [0.1, 0.15) is 10.4 Å². The SMILES string of the molecule is O=C(Nc1cccnc1)c1cccc(Br)c1Cl. The van der Waals surface area contributed by atoms with Crippen molar-refractivity contribution < 1.29 is 4.79 Å². The second kappa shape index (κ2) is 5.29. The molecule has 86 valence electrons. The standard InChI is InChI=1S/C12H8BrClN2O/c13-10-5-1-4-9(11(10)14)12(17)16-8-3-2-6-15-7-8/h1-7H,(H,16,17). The molecule has 0 fully saturated rings. The van der Waals surface area contributed by atoms with Crippen molar-refractivity contribution in [2.75, 3.05) is 5.32 Å². The highest BCUT2D eigenvalue weighted by atomic mass is 79.9. The van der Waals surface area contributed by atoms with Crippen LogP contribution in [0.5, 0.6) is 0 Å². The smallest absolute Gasteiger partial charge is 0.257 e. The molecule has 1 aromatic heterocycles. The number of pyridine rings is 1. The van der Waals surface area contributed by atoms with Crippen molar-refractivity contribution in [2.45, 2.75) is 0 Å². The summed E-state index contributed by atoms with van der Waals surface area (Å²) in [6.45, 7) is 0. The van der Waals surface area contributed by atoms with Gasteiger partial charge in [-0.1, -0.05) is 17.7 Å². The number of rotatable bonds is 2. The first-order valence-corrected chi connectivity index (χ1v) is 6.01. The Kier molecular flexibility index (Phi) is 3.76. The van der Waals surface area contributed by atoms with Crippen LogP contribution in [0.15, 0.2) is 47.2 Å². The molecule has 2 rings (SSSR count). The van der Waals surface area contributed by atoms with Gasteiger partial charge in [0.15, 0.2) is 0 Å². The summed E-state index contributed by atoms with van der Waals surface area (Å²) in [6, 6.07) is 8.71. The summed E-state index contributed by atoms with van der Waals surface area (Å²) in [5.74, 6) is -0.260. The molecule has 1 N–H and O–H groups in total. The number of amides is 1. The molecule has 3 nitrogen and oxygen atoms in total. The number of carbonyl (C=O) groups is 1. The Balaban J connectivity index is 2.24. The molecule has 1 heterocycles. The van der Waals surface area contributed by atoms with Crippen LogP contribution >= 0.6 is 27.5 Å². The lowest BCUT2D eigenvalue weighted by Gasteiger charge is -2.07. The largest absolute Gasteiger partial charge is 0.321 e. The van der Waals surface area contributed by atoms with E-state index in [0.29, 0.717) is 20.7 Å². The predicted octanol–water partition coefficient (Wildman–Crippen LogP) is 3.75. The highest BCUT2D eigenvalue weighted by Crippen LogP contribution is 2.26. The molecule has 17 heavy (non-hydrogen) atoms. The number of nitrogens with one attached hydrogen (secondary N) is 1. The zero-order valence-electron chi connectivity index (χ0n) is 8.65. The van der Waals surface area contributed by atoms with E-state index in [4.69, 9.17) is 11.6 Å². The number of nitrogens with zero attached hydrogens (tertiary/aromatic N) is 1. The molecule has 0 saturated heterocycles. The van der Waals surface area contributed by atoms with E-state index in [2.05, 4.69) is 26.2 Å². The predicted molar refractivity (Wildman–Crippen MR) is 71.3 cm³/mol. The van der Waals surface area contributed by atoms with Crippen LogP contribution in [-0.2, 0) is 0 Å². The second-order valence-electron chi connectivity index (χ2n) is 3.30. The molecule has 1 amide bonds. The first-order valence-electron chi connectivity index (χ1n) is 4.84. The van der Waals surface area contributed by atoms with Gasteiger partial charge in [0.2, 0.25) is 0 Å². The minimum atomic E-state index is -0.260. The van der Waals surface area contributed by atoms with Gasteiger partial charge in [0.25, 0.3) is 5.91 Å². The van der Waals surface area contributed by atoms with E-state index in [1.54, 1.807) is 42.7 Å². The normalized spacial score (nSPS) is 10.0. The van der Waals surface area contributed by atoms with E-state index in [1.807, 2.05) is 0 Å². The van der Waals surface area contributed by atoms with Crippen LogP contribution in [0.3, 0.4) is 0 Å². The molecule has 0 atom stereocenters. The summed E-state index contributed by atoms with van der Waals surface area (Å²) >= 11 is 9.31. The van der Waals surface area contributed by atoms with Crippen LogP contribution in [-0.4, -0.2) is 10.9 Å². The van der Waals surface area contributed by atoms with Gasteiger partial charge in [-0.05, 0) is 40.2 Å². The number of benzene rings is 1. The van der Waals surface area contributed by atoms with Crippen LogP contribution in [0.2, 0.25) is 5.02 Å². The molecule has 0 spiro atoms. The third-order valence-corrected chi connectivity index (χ3v) is 3.41. The van der Waals surface area contributed by atoms with E-state index >= 15 is 0 Å². The van der Waals surface area contributed by atoms with Gasteiger partial charge in [-0.25, -0.2) is 0 Å². The van der Waals surface area contributed by atoms with Gasteiger partial charge >= 0.3 is 0 Å². The third kappa shape index (κ3) is 2.84. The molecule has 0 bridgehead atoms. The lowest BCUT2D eigenvalue weighted by molar-refractivity contribution is 0.102. The number of hydrogen-bond acceptors (Lipinski definition) is 2. The number of aromatic nitrogens is 1. The lowest BCUT2D eigenvalue weighted by Crippen LogP contribution is -2.12. The molecule has 0 aliphatic carbocycles. The Hall–Kier alpha value is -1.39. The Morgan fingerprint density at radius 2 is 2.12 bits per heavy atom. The summed E-state index contributed by atoms with van der Waals surface area (Å²) < 4.78 is 0.693. The van der Waals surface area contributed by atoms with E-state index in [-0.39, 0.29) is 5.91 Å². The fourth-order valence-electron chi connectivity index (χ4n) is 1.31. The zero-order valence-corrected chi connectivity index (χ0v) is 11.0. The van der Waals surface area contributed by atoms with Crippen molar-refractivity contribution >= 4 is 39.1 Å². The maximum absolute atomic E-state index is 11.9. The third-order valence-electron chi connectivity index (χ3n) is 2.12. The second-order valence-corrected chi connectivity index (χ2v) is 4.53. The number of anilines is 1. The highest BCUT2D eigenvalue weighted by Gasteiger charge is 2.12. The van der Waals surface area contributed by atoms with E-state index in [9.17, 15) is 4.79 Å². The van der Waals surface area contributed by atoms with Gasteiger partial charge in [0.1, 0.15) is 0 Å². The molecule has 0 saturated carbocycles. The monoisotopic (exact) mass is 310 g/mol. The van der Waals surface area contributed by atoms with Gasteiger partial charge < -0.3 is 5.32 Å². The van der Waals surface area contributed by atoms with Crippen molar-refractivity contribution in [2.24, 2.45) is 0 Å². The lowest BCUT2D eigenvalue weighted by atomic mass is 10.2. The topological polar surface area (TPSA) is 42.0 Å². The zero-order chi connectivity index (χ0) is 12.3. The Labute approximate surface area is 112 Å². The number of halogens is 2. The maximum Gasteiger partial charge on any atom is 0.257 e. The maximum atomic E-state index is 11.9. The highest BCUT2D eigenvalue weighted by molar-refractivity contribution is 9.10. The van der Waals surface area contributed by atoms with Crippen LogP contribution in [0.4, 0.5) is 5.69 Å². The molecule has 0 radical (unpaired) electrons. The van der Waals surface area contributed by atoms with Gasteiger partial charge in [-0.15, -0.1) is 0 Å². The molecule has 2 aromatic rings. The van der Waals surface area contributed by atoms with Crippen molar-refractivity contribution in [1.29, 1.82) is 0 Å². The summed E-state index contributed by atoms with van der Waals surface area (Å²) in [5, 5.41) is 3.12. The fraction of sp³-hybridized carbons (Fsp3) is 0. The minimum absolute atomic E-state index is 0.260. The Morgan fingerprint density at radius 1 is 1.29 bits per heavy atom. The Bertz CT molecular complexity index is 545. The van der Waals surface area contributed by atoms with Gasteiger partial charge in [-0.3, -0.25) is 9.78 Å². The summed E-state index contributed by atoms with van der Waals surface area (Å²) in [7, 11) is 0. The Morgan fingerprint density at radius 3 is 2.82 bits per heavy atom. The average Bonchev–Trinajstić information content (AvgIpc) is 2.34. The van der Waals surface area contributed by atoms with E-state index in [0.717, 1.165) is 0 Å². The molecule has 0 unspecified atom stereocenters. The molecule has 1 aromatic carbocycles. The van der Waals surface area contributed by atoms with Crippen molar-refractivity contribution in [3.05, 3.63) is 57.8 Å². The van der Waals surface area contributed by atoms with Crippen LogP contribution in [0, 0.1) is 0 Å². The van der Waals surface area contributed by atoms with Crippen molar-refractivity contribution in [3.8, 4) is 0 Å². The van der Waals surface area contributed by atoms with Crippen LogP contribution in [0.25, 0.3) is 0 Å². The fourth-order valence-corrected chi connectivity index (χ4v) is 1.89. The first kappa shape index (κ1) is 12.1. The van der Waals surface area contributed by atoms with E-state index < -0.39 is 0 Å². The molecular formula is C12H8BrClN2O. The van der Waals surface area contributed by atoms with Crippen LogP contribution < -0.4 is 5.32 Å². The van der Waals surface area contributed by atoms with Gasteiger partial charge in [0.05, 0.1) is 22.5 Å². The molecule has 5 heteroatoms. The van der Waals surface area contributed by atoms with Crippen molar-refractivity contribution in [3.63, 3.8) is 0 Å². The molecule has 0 aliphatic heterocycles. The van der Waals surface area contributed by atoms with E-state index in [1.165, 1.54) is 0 Å². The molecular weight excluding hydrogens is 304 g/mol.